The zero-order valence-electron chi connectivity index (χ0n) is 19.3. The van der Waals surface area contributed by atoms with Crippen LogP contribution in [0, 0.1) is 0 Å². The summed E-state index contributed by atoms with van der Waals surface area (Å²) in [6.45, 7) is 6.52. The van der Waals surface area contributed by atoms with Gasteiger partial charge in [0.1, 0.15) is 18.6 Å². The van der Waals surface area contributed by atoms with Gasteiger partial charge in [-0.25, -0.2) is 4.98 Å². The van der Waals surface area contributed by atoms with Gasteiger partial charge in [-0.15, -0.1) is 0 Å². The van der Waals surface area contributed by atoms with Crippen molar-refractivity contribution < 1.29 is 29.0 Å². The third-order valence-corrected chi connectivity index (χ3v) is 6.11. The van der Waals surface area contributed by atoms with Crippen LogP contribution in [0.25, 0.3) is 16.6 Å². The molecule has 0 aliphatic carbocycles. The van der Waals surface area contributed by atoms with E-state index >= 15 is 0 Å². The minimum atomic E-state index is -1.31. The van der Waals surface area contributed by atoms with E-state index in [9.17, 15) is 19.5 Å². The lowest BCUT2D eigenvalue weighted by atomic mass is 9.88. The molecular weight excluding hydrogens is 424 g/mol. The fourth-order valence-electron chi connectivity index (χ4n) is 4.16. The van der Waals surface area contributed by atoms with E-state index in [1.54, 1.807) is 25.1 Å². The summed E-state index contributed by atoms with van der Waals surface area (Å²) in [5, 5.41) is 12.0. The number of pyridine rings is 1. The van der Waals surface area contributed by atoms with Crippen LogP contribution >= 0.6 is 0 Å². The van der Waals surface area contributed by atoms with Crippen molar-refractivity contribution in [1.82, 2.24) is 9.88 Å². The van der Waals surface area contributed by atoms with Crippen molar-refractivity contribution in [3.05, 3.63) is 52.2 Å². The molecule has 1 aliphatic heterocycles. The molecule has 2 heterocycles. The van der Waals surface area contributed by atoms with E-state index in [1.807, 2.05) is 24.9 Å². The predicted octanol–water partition coefficient (Wildman–Crippen LogP) is 2.95. The zero-order valence-corrected chi connectivity index (χ0v) is 19.3. The fraction of sp³-hybridized carbons (Fsp3) is 0.360. The molecule has 0 saturated carbocycles. The number of rotatable bonds is 10. The highest BCUT2D eigenvalue weighted by atomic mass is 16.5. The van der Waals surface area contributed by atoms with Crippen molar-refractivity contribution in [1.29, 1.82) is 0 Å². The second-order valence-corrected chi connectivity index (χ2v) is 8.14. The Kier molecular flexibility index (Phi) is 7.28. The van der Waals surface area contributed by atoms with Crippen LogP contribution < -0.4 is 4.74 Å². The van der Waals surface area contributed by atoms with Crippen LogP contribution in [0.1, 0.15) is 44.0 Å². The van der Waals surface area contributed by atoms with Crippen LogP contribution in [0.3, 0.4) is 0 Å². The molecule has 2 aromatic rings. The van der Waals surface area contributed by atoms with Crippen molar-refractivity contribution in [2.75, 3.05) is 13.7 Å². The molecule has 1 N–H and O–H groups in total. The van der Waals surface area contributed by atoms with Gasteiger partial charge < -0.3 is 19.5 Å². The van der Waals surface area contributed by atoms with E-state index in [0.29, 0.717) is 37.0 Å². The van der Waals surface area contributed by atoms with Gasteiger partial charge in [0.15, 0.2) is 0 Å². The van der Waals surface area contributed by atoms with Crippen molar-refractivity contribution >= 4 is 35.8 Å². The number of fused-ring (bicyclic) bond motifs is 2. The average Bonchev–Trinajstić information content (AvgIpc) is 3.11. The average molecular weight is 453 g/mol. The number of aldehydes is 1. The Hall–Kier alpha value is -3.52. The number of carbonyl (C=O) groups excluding carboxylic acids is 3. The Balaban J connectivity index is 2.26. The first kappa shape index (κ1) is 24.1. The van der Waals surface area contributed by atoms with Gasteiger partial charge in [-0.2, -0.15) is 0 Å². The van der Waals surface area contributed by atoms with E-state index in [4.69, 9.17) is 14.5 Å². The third-order valence-electron chi connectivity index (χ3n) is 6.11. The highest BCUT2D eigenvalue weighted by Crippen LogP contribution is 2.39. The zero-order chi connectivity index (χ0) is 24.2. The predicted molar refractivity (Wildman–Crippen MR) is 123 cm³/mol. The van der Waals surface area contributed by atoms with E-state index in [-0.39, 0.29) is 18.7 Å². The first-order valence-electron chi connectivity index (χ1n) is 10.8. The summed E-state index contributed by atoms with van der Waals surface area (Å²) in [5.74, 6) is 0.450. The number of aliphatic hydroxyl groups is 1. The number of aryl methyl sites for hydroxylation is 1. The van der Waals surface area contributed by atoms with Crippen LogP contribution in [-0.2, 0) is 32.1 Å². The molecule has 33 heavy (non-hydrogen) atoms. The first-order valence-corrected chi connectivity index (χ1v) is 10.8. The summed E-state index contributed by atoms with van der Waals surface area (Å²) in [5.41, 5.74) is 3.65. The number of ether oxygens (including phenoxy) is 2. The molecule has 0 fully saturated rings. The highest BCUT2D eigenvalue weighted by molar-refractivity contribution is 5.89. The number of nitrogens with zero attached hydrogens (tertiary/aromatic N) is 2. The van der Waals surface area contributed by atoms with Crippen molar-refractivity contribution in [3.63, 3.8) is 0 Å². The Bertz CT molecular complexity index is 1150. The van der Waals surface area contributed by atoms with Crippen LogP contribution in [0.4, 0.5) is 0 Å². The van der Waals surface area contributed by atoms with Crippen molar-refractivity contribution in [2.24, 2.45) is 0 Å². The highest BCUT2D eigenvalue weighted by Gasteiger charge is 2.31. The second-order valence-electron chi connectivity index (χ2n) is 8.14. The Labute approximate surface area is 192 Å². The van der Waals surface area contributed by atoms with Crippen molar-refractivity contribution in [3.8, 4) is 5.75 Å². The van der Waals surface area contributed by atoms with E-state index < -0.39 is 5.60 Å². The number of hydrogen-bond acceptors (Lipinski definition) is 8. The maximum atomic E-state index is 11.8. The van der Waals surface area contributed by atoms with Gasteiger partial charge in [-0.1, -0.05) is 13.8 Å². The Morgan fingerprint density at radius 3 is 2.61 bits per heavy atom. The minimum absolute atomic E-state index is 0.190. The summed E-state index contributed by atoms with van der Waals surface area (Å²) < 4.78 is 9.83. The molecule has 1 aromatic heterocycles. The van der Waals surface area contributed by atoms with Crippen LogP contribution in [0.15, 0.2) is 35.4 Å². The molecule has 0 bridgehead atoms. The molecule has 0 amide bonds. The topological polar surface area (TPSA) is 106 Å². The Morgan fingerprint density at radius 2 is 2.00 bits per heavy atom. The van der Waals surface area contributed by atoms with Crippen LogP contribution in [-0.4, -0.2) is 53.5 Å². The monoisotopic (exact) mass is 452 g/mol. The summed E-state index contributed by atoms with van der Waals surface area (Å²) >= 11 is 0. The number of benzene rings is 1. The van der Waals surface area contributed by atoms with Gasteiger partial charge in [-0.05, 0) is 55.2 Å². The molecule has 8 nitrogen and oxygen atoms in total. The molecule has 0 radical (unpaired) electrons. The minimum Gasteiger partial charge on any atom is -0.463 e. The molecule has 0 saturated heterocycles. The van der Waals surface area contributed by atoms with Gasteiger partial charge >= 0.3 is 0 Å². The third kappa shape index (κ3) is 4.66. The number of carbonyl (C=O) groups is 3. The van der Waals surface area contributed by atoms with Crippen LogP contribution in [0.5, 0.6) is 5.75 Å². The number of aromatic nitrogens is 1. The summed E-state index contributed by atoms with van der Waals surface area (Å²) in [6.07, 6.45) is 3.46. The van der Waals surface area contributed by atoms with Gasteiger partial charge in [-0.3, -0.25) is 14.4 Å². The summed E-state index contributed by atoms with van der Waals surface area (Å²) in [4.78, 5) is 40.2. The smallest absolute Gasteiger partial charge is 0.298 e. The van der Waals surface area contributed by atoms with E-state index in [2.05, 4.69) is 6.92 Å². The SMILES string of the molecule is CCc1c2c(nc3ccc(OC=O)cc13)/C(=C/C(=C(\C=O)COC=O)C(C)(O)CC)N(C)C2. The molecule has 1 aliphatic rings. The molecule has 174 valence electrons. The molecule has 1 atom stereocenters. The summed E-state index contributed by atoms with van der Waals surface area (Å²) in [7, 11) is 1.92. The summed E-state index contributed by atoms with van der Waals surface area (Å²) in [6, 6.07) is 5.30. The molecule has 1 unspecified atom stereocenters. The molecule has 1 aromatic carbocycles. The maximum Gasteiger partial charge on any atom is 0.298 e. The lowest BCUT2D eigenvalue weighted by Crippen LogP contribution is -2.28. The molecular formula is C25H28N2O6. The molecule has 8 heteroatoms. The van der Waals surface area contributed by atoms with Crippen molar-refractivity contribution in [2.45, 2.75) is 45.8 Å². The fourth-order valence-corrected chi connectivity index (χ4v) is 4.16. The molecule has 3 rings (SSSR count). The standard InChI is InChI=1S/C25H28N2O6/c1-5-18-19-9-17(33-15-30)7-8-22(19)26-24-20(18)11-27(4)23(24)10-21(25(3,31)6-2)16(12-28)13-32-14-29/h7-10,12,14-15,31H,5-6,11,13H2,1-4H3/b21-16-,23-10-. The van der Waals surface area contributed by atoms with Gasteiger partial charge in [0.25, 0.3) is 12.9 Å². The Morgan fingerprint density at radius 1 is 1.24 bits per heavy atom. The second kappa shape index (κ2) is 9.95. The molecule has 0 spiro atoms. The van der Waals surface area contributed by atoms with Crippen LogP contribution in [0.2, 0.25) is 0 Å². The van der Waals surface area contributed by atoms with E-state index in [0.717, 1.165) is 39.8 Å². The lowest BCUT2D eigenvalue weighted by Gasteiger charge is -2.26. The van der Waals surface area contributed by atoms with Gasteiger partial charge in [0, 0.05) is 30.1 Å². The maximum absolute atomic E-state index is 11.8. The largest absolute Gasteiger partial charge is 0.463 e. The first-order chi connectivity index (χ1) is 15.8. The van der Waals surface area contributed by atoms with E-state index in [1.165, 1.54) is 0 Å². The normalized spacial score (nSPS) is 16.8. The van der Waals surface area contributed by atoms with Gasteiger partial charge in [0.05, 0.1) is 22.5 Å². The van der Waals surface area contributed by atoms with Gasteiger partial charge in [0.2, 0.25) is 0 Å². The lowest BCUT2D eigenvalue weighted by molar-refractivity contribution is -0.128. The quantitative estimate of drug-likeness (QED) is 0.433. The number of hydrogen-bond donors (Lipinski definition) is 1.